The van der Waals surface area contributed by atoms with Gasteiger partial charge in [0, 0.05) is 28.4 Å². The van der Waals surface area contributed by atoms with Crippen LogP contribution >= 0.6 is 0 Å². The standard InChI is InChI=1S/C17H16N2O/c1-11-6-7-15(12(2)10-11)19-17(20)14-4-3-5-16-13(14)8-9-18-16/h3-10,18H,1-2H3,(H,19,20). The highest BCUT2D eigenvalue weighted by molar-refractivity contribution is 6.12. The largest absolute Gasteiger partial charge is 0.361 e. The predicted octanol–water partition coefficient (Wildman–Crippen LogP) is 4.04. The molecule has 20 heavy (non-hydrogen) atoms. The zero-order valence-electron chi connectivity index (χ0n) is 11.5. The van der Waals surface area contributed by atoms with Gasteiger partial charge >= 0.3 is 0 Å². The number of fused-ring (bicyclic) bond motifs is 1. The number of carbonyl (C=O) groups excluding carboxylic acids is 1. The van der Waals surface area contributed by atoms with Crippen molar-refractivity contribution in [3.05, 3.63) is 65.4 Å². The van der Waals surface area contributed by atoms with Crippen LogP contribution in [0.25, 0.3) is 10.9 Å². The number of aromatic amines is 1. The van der Waals surface area contributed by atoms with Gasteiger partial charge in [-0.2, -0.15) is 0 Å². The molecular weight excluding hydrogens is 248 g/mol. The zero-order valence-corrected chi connectivity index (χ0v) is 11.5. The smallest absolute Gasteiger partial charge is 0.256 e. The molecule has 0 aliphatic rings. The summed E-state index contributed by atoms with van der Waals surface area (Å²) in [5.74, 6) is -0.0813. The molecule has 0 aliphatic carbocycles. The molecular formula is C17H16N2O. The molecule has 0 unspecified atom stereocenters. The molecule has 3 rings (SSSR count). The molecule has 3 nitrogen and oxygen atoms in total. The SMILES string of the molecule is Cc1ccc(NC(=O)c2cccc3[nH]ccc23)c(C)c1. The van der Waals surface area contributed by atoms with Crippen molar-refractivity contribution in [2.75, 3.05) is 5.32 Å². The van der Waals surface area contributed by atoms with Crippen LogP contribution in [0.5, 0.6) is 0 Å². The van der Waals surface area contributed by atoms with Gasteiger partial charge in [-0.15, -0.1) is 0 Å². The Balaban J connectivity index is 1.95. The molecule has 1 heterocycles. The molecule has 0 fully saturated rings. The van der Waals surface area contributed by atoms with E-state index in [0.717, 1.165) is 22.2 Å². The van der Waals surface area contributed by atoms with E-state index >= 15 is 0 Å². The van der Waals surface area contributed by atoms with Gasteiger partial charge in [-0.3, -0.25) is 4.79 Å². The summed E-state index contributed by atoms with van der Waals surface area (Å²) < 4.78 is 0. The van der Waals surface area contributed by atoms with E-state index in [9.17, 15) is 4.79 Å². The minimum Gasteiger partial charge on any atom is -0.361 e. The lowest BCUT2D eigenvalue weighted by atomic mass is 10.1. The van der Waals surface area contributed by atoms with E-state index in [1.54, 1.807) is 0 Å². The summed E-state index contributed by atoms with van der Waals surface area (Å²) in [6.07, 6.45) is 1.85. The minimum atomic E-state index is -0.0813. The van der Waals surface area contributed by atoms with Crippen LogP contribution in [0.4, 0.5) is 5.69 Å². The van der Waals surface area contributed by atoms with E-state index in [0.29, 0.717) is 5.56 Å². The first-order valence-corrected chi connectivity index (χ1v) is 6.60. The van der Waals surface area contributed by atoms with Crippen LogP contribution in [0, 0.1) is 13.8 Å². The third kappa shape index (κ3) is 2.18. The van der Waals surface area contributed by atoms with Crippen molar-refractivity contribution < 1.29 is 4.79 Å². The number of nitrogens with one attached hydrogen (secondary N) is 2. The van der Waals surface area contributed by atoms with Crippen molar-refractivity contribution in [3.63, 3.8) is 0 Å². The van der Waals surface area contributed by atoms with Crippen LogP contribution in [0.3, 0.4) is 0 Å². The number of carbonyl (C=O) groups is 1. The quantitative estimate of drug-likeness (QED) is 0.721. The third-order valence-corrected chi connectivity index (χ3v) is 3.47. The molecule has 2 N–H and O–H groups in total. The van der Waals surface area contributed by atoms with Crippen molar-refractivity contribution in [2.24, 2.45) is 0 Å². The monoisotopic (exact) mass is 264 g/mol. The normalized spacial score (nSPS) is 10.7. The van der Waals surface area contributed by atoms with Gasteiger partial charge in [-0.1, -0.05) is 23.8 Å². The van der Waals surface area contributed by atoms with E-state index in [4.69, 9.17) is 0 Å². The summed E-state index contributed by atoms with van der Waals surface area (Å²) in [5, 5.41) is 3.92. The lowest BCUT2D eigenvalue weighted by Gasteiger charge is -2.09. The summed E-state index contributed by atoms with van der Waals surface area (Å²) >= 11 is 0. The summed E-state index contributed by atoms with van der Waals surface area (Å²) in [4.78, 5) is 15.6. The second-order valence-electron chi connectivity index (χ2n) is 5.02. The maximum absolute atomic E-state index is 12.4. The van der Waals surface area contributed by atoms with Crippen molar-refractivity contribution in [1.29, 1.82) is 0 Å². The summed E-state index contributed by atoms with van der Waals surface area (Å²) in [6, 6.07) is 13.6. The maximum Gasteiger partial charge on any atom is 0.256 e. The first kappa shape index (κ1) is 12.5. The Morgan fingerprint density at radius 3 is 2.75 bits per heavy atom. The van der Waals surface area contributed by atoms with Crippen LogP contribution in [-0.4, -0.2) is 10.9 Å². The lowest BCUT2D eigenvalue weighted by molar-refractivity contribution is 0.102. The topological polar surface area (TPSA) is 44.9 Å². The number of benzene rings is 2. The second-order valence-corrected chi connectivity index (χ2v) is 5.02. The first-order valence-electron chi connectivity index (χ1n) is 6.60. The van der Waals surface area contributed by atoms with Crippen LogP contribution in [0.2, 0.25) is 0 Å². The molecule has 1 amide bonds. The number of anilines is 1. The second kappa shape index (κ2) is 4.85. The molecule has 3 aromatic rings. The van der Waals surface area contributed by atoms with Crippen LogP contribution in [0.15, 0.2) is 48.7 Å². The Labute approximate surface area is 117 Å². The average molecular weight is 264 g/mol. The maximum atomic E-state index is 12.4. The summed E-state index contributed by atoms with van der Waals surface area (Å²) in [5.41, 5.74) is 4.77. The lowest BCUT2D eigenvalue weighted by Crippen LogP contribution is -2.13. The molecule has 0 aliphatic heterocycles. The number of rotatable bonds is 2. The fourth-order valence-corrected chi connectivity index (χ4v) is 2.43. The van der Waals surface area contributed by atoms with Gasteiger partial charge in [-0.05, 0) is 43.7 Å². The fraction of sp³-hybridized carbons (Fsp3) is 0.118. The Morgan fingerprint density at radius 1 is 1.10 bits per heavy atom. The molecule has 0 atom stereocenters. The molecule has 0 bridgehead atoms. The van der Waals surface area contributed by atoms with Crippen molar-refractivity contribution >= 4 is 22.5 Å². The number of amides is 1. The third-order valence-electron chi connectivity index (χ3n) is 3.47. The van der Waals surface area contributed by atoms with Gasteiger partial charge in [0.15, 0.2) is 0 Å². The minimum absolute atomic E-state index is 0.0813. The van der Waals surface area contributed by atoms with Gasteiger partial charge in [0.25, 0.3) is 5.91 Å². The Bertz CT molecular complexity index is 787. The van der Waals surface area contributed by atoms with Gasteiger partial charge in [-0.25, -0.2) is 0 Å². The van der Waals surface area contributed by atoms with E-state index < -0.39 is 0 Å². The highest BCUT2D eigenvalue weighted by atomic mass is 16.1. The highest BCUT2D eigenvalue weighted by Gasteiger charge is 2.11. The fourth-order valence-electron chi connectivity index (χ4n) is 2.43. The van der Waals surface area contributed by atoms with Crippen molar-refractivity contribution in [3.8, 4) is 0 Å². The number of aromatic nitrogens is 1. The van der Waals surface area contributed by atoms with Crippen molar-refractivity contribution in [2.45, 2.75) is 13.8 Å². The van der Waals surface area contributed by atoms with Crippen LogP contribution in [-0.2, 0) is 0 Å². The molecule has 3 heteroatoms. The summed E-state index contributed by atoms with van der Waals surface area (Å²) in [6.45, 7) is 4.04. The Kier molecular flexibility index (Phi) is 3.03. The number of aryl methyl sites for hydroxylation is 2. The molecule has 1 aromatic heterocycles. The Morgan fingerprint density at radius 2 is 1.95 bits per heavy atom. The number of hydrogen-bond donors (Lipinski definition) is 2. The number of H-pyrrole nitrogens is 1. The van der Waals surface area contributed by atoms with E-state index in [1.165, 1.54) is 5.56 Å². The van der Waals surface area contributed by atoms with Crippen molar-refractivity contribution in [1.82, 2.24) is 4.98 Å². The van der Waals surface area contributed by atoms with E-state index in [-0.39, 0.29) is 5.91 Å². The predicted molar refractivity (Wildman–Crippen MR) is 82.2 cm³/mol. The van der Waals surface area contributed by atoms with E-state index in [1.807, 2.05) is 56.4 Å². The van der Waals surface area contributed by atoms with Gasteiger partial charge in [0.1, 0.15) is 0 Å². The van der Waals surface area contributed by atoms with Gasteiger partial charge < -0.3 is 10.3 Å². The molecule has 2 aromatic carbocycles. The Hall–Kier alpha value is -2.55. The van der Waals surface area contributed by atoms with Gasteiger partial charge in [0.05, 0.1) is 0 Å². The molecule has 0 radical (unpaired) electrons. The molecule has 100 valence electrons. The molecule has 0 saturated carbocycles. The van der Waals surface area contributed by atoms with Crippen LogP contribution in [0.1, 0.15) is 21.5 Å². The molecule has 0 spiro atoms. The molecule has 0 saturated heterocycles. The van der Waals surface area contributed by atoms with Gasteiger partial charge in [0.2, 0.25) is 0 Å². The average Bonchev–Trinajstić information content (AvgIpc) is 2.90. The zero-order chi connectivity index (χ0) is 14.1. The van der Waals surface area contributed by atoms with Crippen LogP contribution < -0.4 is 5.32 Å². The summed E-state index contributed by atoms with van der Waals surface area (Å²) in [7, 11) is 0. The first-order chi connectivity index (χ1) is 9.65. The number of hydrogen-bond acceptors (Lipinski definition) is 1. The highest BCUT2D eigenvalue weighted by Crippen LogP contribution is 2.21. The van der Waals surface area contributed by atoms with E-state index in [2.05, 4.69) is 16.4 Å².